The second-order valence-electron chi connectivity index (χ2n) is 6.18. The molecule has 2 N–H and O–H groups in total. The summed E-state index contributed by atoms with van der Waals surface area (Å²) in [5, 5.41) is 0. The molecular formula is C15H24N2. The molecule has 0 saturated heterocycles. The van der Waals surface area contributed by atoms with E-state index in [-0.39, 0.29) is 5.41 Å². The average molecular weight is 232 g/mol. The van der Waals surface area contributed by atoms with E-state index in [1.54, 1.807) is 0 Å². The van der Waals surface area contributed by atoms with Gasteiger partial charge in [0.25, 0.3) is 0 Å². The highest BCUT2D eigenvalue weighted by Gasteiger charge is 2.27. The van der Waals surface area contributed by atoms with Crippen LogP contribution in [0.1, 0.15) is 44.2 Å². The molecule has 1 heterocycles. The van der Waals surface area contributed by atoms with Crippen molar-refractivity contribution in [2.75, 3.05) is 25.0 Å². The quantitative estimate of drug-likeness (QED) is 0.849. The van der Waals surface area contributed by atoms with E-state index in [9.17, 15) is 0 Å². The van der Waals surface area contributed by atoms with Crippen LogP contribution in [0, 0.1) is 0 Å². The number of anilines is 1. The number of fused-ring (bicyclic) bond motifs is 1. The van der Waals surface area contributed by atoms with Gasteiger partial charge in [0.1, 0.15) is 0 Å². The topological polar surface area (TPSA) is 29.3 Å². The summed E-state index contributed by atoms with van der Waals surface area (Å²) < 4.78 is 0. The lowest BCUT2D eigenvalue weighted by atomic mass is 9.84. The van der Waals surface area contributed by atoms with Gasteiger partial charge in [-0.05, 0) is 35.6 Å². The minimum Gasteiger partial charge on any atom is -0.374 e. The van der Waals surface area contributed by atoms with Crippen molar-refractivity contribution in [1.29, 1.82) is 0 Å². The largest absolute Gasteiger partial charge is 0.374 e. The lowest BCUT2D eigenvalue weighted by molar-refractivity contribution is 0.587. The van der Waals surface area contributed by atoms with E-state index in [0.717, 1.165) is 19.5 Å². The Hall–Kier alpha value is -1.02. The lowest BCUT2D eigenvalue weighted by Gasteiger charge is -2.21. The predicted molar refractivity (Wildman–Crippen MR) is 74.8 cm³/mol. The zero-order valence-electron chi connectivity index (χ0n) is 11.5. The van der Waals surface area contributed by atoms with Crippen molar-refractivity contribution in [2.45, 2.75) is 38.5 Å². The van der Waals surface area contributed by atoms with E-state index < -0.39 is 0 Å². The molecule has 0 aliphatic carbocycles. The predicted octanol–water partition coefficient (Wildman–Crippen LogP) is 2.87. The Morgan fingerprint density at radius 1 is 1.35 bits per heavy atom. The Morgan fingerprint density at radius 2 is 2.06 bits per heavy atom. The molecule has 17 heavy (non-hydrogen) atoms. The van der Waals surface area contributed by atoms with Gasteiger partial charge in [-0.25, -0.2) is 0 Å². The van der Waals surface area contributed by atoms with E-state index in [1.165, 1.54) is 16.8 Å². The number of hydrogen-bond donors (Lipinski definition) is 1. The first-order valence-corrected chi connectivity index (χ1v) is 6.49. The zero-order valence-corrected chi connectivity index (χ0v) is 11.5. The molecule has 0 spiro atoms. The smallest absolute Gasteiger partial charge is 0.0400 e. The standard InChI is InChI=1S/C15H24N2/c1-15(2,3)12-5-6-14-13(9-12)11(7-8-16)10-17(14)4/h5-6,9,11H,7-8,10,16H2,1-4H3. The van der Waals surface area contributed by atoms with Crippen molar-refractivity contribution in [3.05, 3.63) is 29.3 Å². The molecule has 0 aromatic heterocycles. The van der Waals surface area contributed by atoms with Gasteiger partial charge in [-0.1, -0.05) is 32.9 Å². The maximum absolute atomic E-state index is 5.72. The van der Waals surface area contributed by atoms with Crippen molar-refractivity contribution in [3.63, 3.8) is 0 Å². The molecule has 0 fully saturated rings. The second-order valence-corrected chi connectivity index (χ2v) is 6.18. The molecule has 0 bridgehead atoms. The van der Waals surface area contributed by atoms with Gasteiger partial charge in [0.15, 0.2) is 0 Å². The Kier molecular flexibility index (Phi) is 3.17. The van der Waals surface area contributed by atoms with Gasteiger partial charge in [0.2, 0.25) is 0 Å². The number of rotatable bonds is 2. The first-order chi connectivity index (χ1) is 7.93. The fourth-order valence-electron chi connectivity index (χ4n) is 2.67. The molecule has 94 valence electrons. The molecule has 2 heteroatoms. The minimum atomic E-state index is 0.226. The molecule has 1 aliphatic heterocycles. The molecule has 1 aliphatic rings. The van der Waals surface area contributed by atoms with E-state index in [2.05, 4.69) is 50.9 Å². The molecule has 2 rings (SSSR count). The van der Waals surface area contributed by atoms with E-state index in [1.807, 2.05) is 0 Å². The molecule has 1 unspecified atom stereocenters. The summed E-state index contributed by atoms with van der Waals surface area (Å²) in [6.45, 7) is 8.69. The number of nitrogens with zero attached hydrogens (tertiary/aromatic N) is 1. The van der Waals surface area contributed by atoms with Gasteiger partial charge in [-0.15, -0.1) is 0 Å². The summed E-state index contributed by atoms with van der Waals surface area (Å²) in [4.78, 5) is 2.35. The highest BCUT2D eigenvalue weighted by Crippen LogP contribution is 2.39. The third kappa shape index (κ3) is 2.32. The van der Waals surface area contributed by atoms with Gasteiger partial charge >= 0.3 is 0 Å². The van der Waals surface area contributed by atoms with Crippen LogP contribution in [0.2, 0.25) is 0 Å². The molecule has 0 saturated carbocycles. The van der Waals surface area contributed by atoms with Crippen LogP contribution in [0.5, 0.6) is 0 Å². The number of hydrogen-bond acceptors (Lipinski definition) is 2. The molecular weight excluding hydrogens is 208 g/mol. The second kappa shape index (κ2) is 4.34. The lowest BCUT2D eigenvalue weighted by Crippen LogP contribution is -2.16. The monoisotopic (exact) mass is 232 g/mol. The van der Waals surface area contributed by atoms with Crippen LogP contribution in [0.25, 0.3) is 0 Å². The maximum atomic E-state index is 5.72. The van der Waals surface area contributed by atoms with Crippen molar-refractivity contribution in [1.82, 2.24) is 0 Å². The summed E-state index contributed by atoms with van der Waals surface area (Å²) in [6.07, 6.45) is 1.09. The average Bonchev–Trinajstić information content (AvgIpc) is 2.55. The first-order valence-electron chi connectivity index (χ1n) is 6.49. The SMILES string of the molecule is CN1CC(CCN)c2cc(C(C)(C)C)ccc21. The summed E-state index contributed by atoms with van der Waals surface area (Å²) >= 11 is 0. The first kappa shape index (κ1) is 12.4. The van der Waals surface area contributed by atoms with Crippen molar-refractivity contribution in [3.8, 4) is 0 Å². The van der Waals surface area contributed by atoms with Gasteiger partial charge in [-0.3, -0.25) is 0 Å². The number of benzene rings is 1. The van der Waals surface area contributed by atoms with Gasteiger partial charge in [-0.2, -0.15) is 0 Å². The molecule has 1 aromatic rings. The number of likely N-dealkylation sites (N-methyl/N-ethyl adjacent to an activating group) is 1. The molecule has 1 aromatic carbocycles. The summed E-state index contributed by atoms with van der Waals surface area (Å²) in [5.74, 6) is 0.613. The Balaban J connectivity index is 2.40. The zero-order chi connectivity index (χ0) is 12.6. The normalized spacial score (nSPS) is 19.6. The van der Waals surface area contributed by atoms with E-state index in [0.29, 0.717) is 5.92 Å². The molecule has 0 radical (unpaired) electrons. The van der Waals surface area contributed by atoms with Crippen molar-refractivity contribution < 1.29 is 0 Å². The van der Waals surface area contributed by atoms with Crippen LogP contribution in [0.15, 0.2) is 18.2 Å². The van der Waals surface area contributed by atoms with Crippen LogP contribution in [0.4, 0.5) is 5.69 Å². The molecule has 2 nitrogen and oxygen atoms in total. The van der Waals surface area contributed by atoms with Crippen LogP contribution in [-0.4, -0.2) is 20.1 Å². The van der Waals surface area contributed by atoms with E-state index >= 15 is 0 Å². The highest BCUT2D eigenvalue weighted by molar-refractivity contribution is 5.61. The maximum Gasteiger partial charge on any atom is 0.0400 e. The molecule has 0 amide bonds. The third-order valence-electron chi connectivity index (χ3n) is 3.75. The minimum absolute atomic E-state index is 0.226. The van der Waals surface area contributed by atoms with Gasteiger partial charge < -0.3 is 10.6 Å². The summed E-state index contributed by atoms with van der Waals surface area (Å²) in [6, 6.07) is 6.92. The van der Waals surface area contributed by atoms with Crippen LogP contribution >= 0.6 is 0 Å². The van der Waals surface area contributed by atoms with Gasteiger partial charge in [0.05, 0.1) is 0 Å². The fourth-order valence-corrected chi connectivity index (χ4v) is 2.67. The van der Waals surface area contributed by atoms with Gasteiger partial charge in [0, 0.05) is 25.2 Å². The molecule has 1 atom stereocenters. The van der Waals surface area contributed by atoms with E-state index in [4.69, 9.17) is 5.73 Å². The van der Waals surface area contributed by atoms with Crippen molar-refractivity contribution >= 4 is 5.69 Å². The van der Waals surface area contributed by atoms with Crippen LogP contribution in [0.3, 0.4) is 0 Å². The Labute approximate surface area is 105 Å². The Morgan fingerprint density at radius 3 is 2.65 bits per heavy atom. The van der Waals surface area contributed by atoms with Crippen LogP contribution < -0.4 is 10.6 Å². The third-order valence-corrected chi connectivity index (χ3v) is 3.75. The number of nitrogens with two attached hydrogens (primary N) is 1. The Bertz CT molecular complexity index is 404. The summed E-state index contributed by atoms with van der Waals surface area (Å²) in [7, 11) is 2.17. The summed E-state index contributed by atoms with van der Waals surface area (Å²) in [5.41, 5.74) is 10.2. The van der Waals surface area contributed by atoms with Crippen LogP contribution in [-0.2, 0) is 5.41 Å². The fraction of sp³-hybridized carbons (Fsp3) is 0.600. The van der Waals surface area contributed by atoms with Crippen molar-refractivity contribution in [2.24, 2.45) is 5.73 Å². The highest BCUT2D eigenvalue weighted by atomic mass is 15.1.